The number of hydrogen-bond donors (Lipinski definition) is 0. The summed E-state index contributed by atoms with van der Waals surface area (Å²) in [7, 11) is 0. The van der Waals surface area contributed by atoms with E-state index in [1.165, 1.54) is 12.8 Å². The van der Waals surface area contributed by atoms with Crippen molar-refractivity contribution in [2.45, 2.75) is 91.0 Å². The van der Waals surface area contributed by atoms with E-state index in [-0.39, 0.29) is 11.6 Å². The molecule has 0 aromatic carbocycles. The van der Waals surface area contributed by atoms with Crippen molar-refractivity contribution in [3.8, 4) is 0 Å². The van der Waals surface area contributed by atoms with Crippen LogP contribution in [0.3, 0.4) is 0 Å². The van der Waals surface area contributed by atoms with Crippen LogP contribution >= 0.6 is 0 Å². The van der Waals surface area contributed by atoms with Gasteiger partial charge in [0.2, 0.25) is 0 Å². The molecule has 7 unspecified atom stereocenters. The second-order valence-electron chi connectivity index (χ2n) is 8.63. The monoisotopic (exact) mass is 322 g/mol. The summed E-state index contributed by atoms with van der Waals surface area (Å²) < 4.78 is 12.0. The van der Waals surface area contributed by atoms with Crippen molar-refractivity contribution >= 4 is 5.97 Å². The Bertz CT molecular complexity index is 444. The molecule has 0 aromatic heterocycles. The van der Waals surface area contributed by atoms with Crippen LogP contribution in [0.25, 0.3) is 0 Å². The molecule has 3 heteroatoms. The van der Waals surface area contributed by atoms with Gasteiger partial charge in [-0.25, -0.2) is 0 Å². The van der Waals surface area contributed by atoms with Gasteiger partial charge in [0.05, 0.1) is 12.2 Å². The first kappa shape index (κ1) is 17.3. The van der Waals surface area contributed by atoms with E-state index in [0.717, 1.165) is 31.1 Å². The largest absolute Gasteiger partial charge is 0.460 e. The van der Waals surface area contributed by atoms with Crippen molar-refractivity contribution in [2.24, 2.45) is 29.6 Å². The number of carbonyl (C=O) groups is 1. The number of esters is 1. The summed E-state index contributed by atoms with van der Waals surface area (Å²) in [5, 5.41) is 0. The first-order chi connectivity index (χ1) is 10.9. The Balaban J connectivity index is 1.64. The lowest BCUT2D eigenvalue weighted by molar-refractivity contribution is -0.158. The van der Waals surface area contributed by atoms with E-state index in [1.54, 1.807) is 0 Å². The van der Waals surface area contributed by atoms with E-state index in [1.807, 2.05) is 13.8 Å². The van der Waals surface area contributed by atoms with E-state index >= 15 is 0 Å². The topological polar surface area (TPSA) is 35.5 Å². The fourth-order valence-electron chi connectivity index (χ4n) is 5.68. The molecule has 1 aliphatic heterocycles. The summed E-state index contributed by atoms with van der Waals surface area (Å²) in [5.74, 6) is 3.45. The van der Waals surface area contributed by atoms with Crippen molar-refractivity contribution in [2.75, 3.05) is 0 Å². The number of hydrogen-bond acceptors (Lipinski definition) is 3. The van der Waals surface area contributed by atoms with Gasteiger partial charge >= 0.3 is 5.97 Å². The Morgan fingerprint density at radius 1 is 1.09 bits per heavy atom. The van der Waals surface area contributed by atoms with Gasteiger partial charge in [0, 0.05) is 6.42 Å². The van der Waals surface area contributed by atoms with Gasteiger partial charge in [-0.15, -0.1) is 0 Å². The Morgan fingerprint density at radius 2 is 1.74 bits per heavy atom. The standard InChI is InChI=1S/C20H34O3/c1-6-15-18-13-9-12(11-17(21)23-20(4,5)8-3)14(10-13)19(18)16(7-2)22-15/h12-16,18-19H,6-11H2,1-5H3. The molecular weight excluding hydrogens is 288 g/mol. The van der Waals surface area contributed by atoms with Crippen LogP contribution in [0.4, 0.5) is 0 Å². The summed E-state index contributed by atoms with van der Waals surface area (Å²) in [5.41, 5.74) is -0.326. The molecule has 3 rings (SSSR count). The number of fused-ring (bicyclic) bond motifs is 5. The van der Waals surface area contributed by atoms with E-state index in [4.69, 9.17) is 9.47 Å². The molecule has 0 spiro atoms. The highest BCUT2D eigenvalue weighted by molar-refractivity contribution is 5.70. The van der Waals surface area contributed by atoms with Crippen LogP contribution in [0.1, 0.15) is 73.1 Å². The molecule has 132 valence electrons. The van der Waals surface area contributed by atoms with Crippen molar-refractivity contribution in [3.63, 3.8) is 0 Å². The molecule has 23 heavy (non-hydrogen) atoms. The fraction of sp³-hybridized carbons (Fsp3) is 0.950. The third kappa shape index (κ3) is 3.06. The average Bonchev–Trinajstić information content (AvgIpc) is 3.16. The molecule has 1 heterocycles. The Kier molecular flexibility index (Phi) is 4.79. The zero-order valence-corrected chi connectivity index (χ0v) is 15.5. The van der Waals surface area contributed by atoms with E-state index in [9.17, 15) is 4.79 Å². The van der Waals surface area contributed by atoms with Crippen LogP contribution in [0.15, 0.2) is 0 Å². The van der Waals surface area contributed by atoms with Crippen LogP contribution in [0.2, 0.25) is 0 Å². The SMILES string of the molecule is CCC1OC(CC)C2C3CC(CC3CC(=O)OC(C)(C)CC)C12. The van der Waals surface area contributed by atoms with E-state index in [2.05, 4.69) is 20.8 Å². The van der Waals surface area contributed by atoms with Crippen LogP contribution in [0, 0.1) is 29.6 Å². The highest BCUT2D eigenvalue weighted by atomic mass is 16.6. The molecule has 2 aliphatic carbocycles. The van der Waals surface area contributed by atoms with Gasteiger partial charge in [-0.05, 0) is 75.5 Å². The lowest BCUT2D eigenvalue weighted by atomic mass is 9.70. The fourth-order valence-corrected chi connectivity index (χ4v) is 5.68. The smallest absolute Gasteiger partial charge is 0.306 e. The van der Waals surface area contributed by atoms with Crippen molar-refractivity contribution in [3.05, 3.63) is 0 Å². The van der Waals surface area contributed by atoms with Gasteiger partial charge in [-0.1, -0.05) is 20.8 Å². The van der Waals surface area contributed by atoms with Crippen LogP contribution < -0.4 is 0 Å². The quantitative estimate of drug-likeness (QED) is 0.671. The Hall–Kier alpha value is -0.570. The Morgan fingerprint density at radius 3 is 2.35 bits per heavy atom. The normalized spacial score (nSPS) is 42.0. The van der Waals surface area contributed by atoms with Crippen molar-refractivity contribution in [1.82, 2.24) is 0 Å². The molecule has 3 fully saturated rings. The average molecular weight is 322 g/mol. The first-order valence-electron chi connectivity index (χ1n) is 9.77. The van der Waals surface area contributed by atoms with Gasteiger partial charge in [0.1, 0.15) is 5.60 Å². The zero-order chi connectivity index (χ0) is 16.8. The third-order valence-corrected chi connectivity index (χ3v) is 6.95. The lowest BCUT2D eigenvalue weighted by Crippen LogP contribution is -2.35. The van der Waals surface area contributed by atoms with Crippen molar-refractivity contribution in [1.29, 1.82) is 0 Å². The van der Waals surface area contributed by atoms with Crippen LogP contribution in [0.5, 0.6) is 0 Å². The first-order valence-corrected chi connectivity index (χ1v) is 9.77. The molecule has 1 saturated heterocycles. The highest BCUT2D eigenvalue weighted by Gasteiger charge is 2.60. The van der Waals surface area contributed by atoms with E-state index in [0.29, 0.717) is 36.4 Å². The predicted octanol–water partition coefficient (Wildman–Crippen LogP) is 4.58. The number of carbonyl (C=O) groups excluding carboxylic acids is 1. The van der Waals surface area contributed by atoms with Gasteiger partial charge in [0.25, 0.3) is 0 Å². The molecule has 3 aliphatic rings. The molecule has 2 bridgehead atoms. The maximum Gasteiger partial charge on any atom is 0.306 e. The minimum absolute atomic E-state index is 0.00459. The maximum absolute atomic E-state index is 12.4. The summed E-state index contributed by atoms with van der Waals surface area (Å²) in [6.45, 7) is 10.6. The van der Waals surface area contributed by atoms with Crippen LogP contribution in [-0.4, -0.2) is 23.8 Å². The Labute approximate surface area is 141 Å². The molecule has 0 radical (unpaired) electrons. The zero-order valence-electron chi connectivity index (χ0n) is 15.5. The van der Waals surface area contributed by atoms with Gasteiger partial charge in [-0.3, -0.25) is 4.79 Å². The molecule has 3 nitrogen and oxygen atoms in total. The molecule has 2 saturated carbocycles. The lowest BCUT2D eigenvalue weighted by Gasteiger charge is -2.34. The van der Waals surface area contributed by atoms with Crippen molar-refractivity contribution < 1.29 is 14.3 Å². The predicted molar refractivity (Wildman–Crippen MR) is 91.0 cm³/mol. The van der Waals surface area contributed by atoms with Gasteiger partial charge < -0.3 is 9.47 Å². The maximum atomic E-state index is 12.4. The summed E-state index contributed by atoms with van der Waals surface area (Å²) >= 11 is 0. The summed E-state index contributed by atoms with van der Waals surface area (Å²) in [4.78, 5) is 12.4. The number of rotatable bonds is 6. The van der Waals surface area contributed by atoms with Crippen LogP contribution in [-0.2, 0) is 14.3 Å². The highest BCUT2D eigenvalue weighted by Crippen LogP contribution is 2.62. The minimum atomic E-state index is -0.326. The number of ether oxygens (including phenoxy) is 2. The third-order valence-electron chi connectivity index (χ3n) is 6.95. The molecule has 0 aromatic rings. The van der Waals surface area contributed by atoms with Gasteiger partial charge in [0.15, 0.2) is 0 Å². The summed E-state index contributed by atoms with van der Waals surface area (Å²) in [6.07, 6.45) is 7.15. The summed E-state index contributed by atoms with van der Waals surface area (Å²) in [6, 6.07) is 0. The molecule has 0 N–H and O–H groups in total. The molecule has 7 atom stereocenters. The van der Waals surface area contributed by atoms with E-state index < -0.39 is 0 Å². The minimum Gasteiger partial charge on any atom is -0.460 e. The van der Waals surface area contributed by atoms with Gasteiger partial charge in [-0.2, -0.15) is 0 Å². The second kappa shape index (κ2) is 6.38. The molecule has 0 amide bonds. The second-order valence-corrected chi connectivity index (χ2v) is 8.63. The molecular formula is C20H34O3.